The first-order valence-corrected chi connectivity index (χ1v) is 12.8. The normalized spacial score (nSPS) is 17.5. The number of benzene rings is 3. The fraction of sp³-hybridized carbons (Fsp3) is 0.310. The Morgan fingerprint density at radius 3 is 2.44 bits per heavy atom. The number of ether oxygens (including phenoxy) is 1. The summed E-state index contributed by atoms with van der Waals surface area (Å²) in [6, 6.07) is 24.1. The molecule has 36 heavy (non-hydrogen) atoms. The highest BCUT2D eigenvalue weighted by atomic mass is 35.5. The zero-order chi connectivity index (χ0) is 25.5. The van der Waals surface area contributed by atoms with Crippen LogP contribution in [0.5, 0.6) is 5.75 Å². The standard InChI is InChI=1S/C29H30Cl2N2O3/c1-32(19-22-7-3-2-4-8-22)27(34)18-29(21-36-26-13-11-24(30)12-14-26)15-6-16-33(20-29)28(35)23-9-5-10-25(31)17-23/h2-5,7-14,17H,6,15-16,18-21H2,1H3. The summed E-state index contributed by atoms with van der Waals surface area (Å²) in [7, 11) is 1.82. The van der Waals surface area contributed by atoms with E-state index in [9.17, 15) is 9.59 Å². The number of carbonyl (C=O) groups excluding carboxylic acids is 2. The molecule has 188 valence electrons. The molecule has 0 radical (unpaired) electrons. The maximum Gasteiger partial charge on any atom is 0.253 e. The average molecular weight is 525 g/mol. The maximum atomic E-state index is 13.4. The first-order chi connectivity index (χ1) is 17.3. The molecule has 1 fully saturated rings. The van der Waals surface area contributed by atoms with Crippen molar-refractivity contribution in [2.45, 2.75) is 25.8 Å². The molecule has 0 saturated carbocycles. The molecule has 0 bridgehead atoms. The first-order valence-electron chi connectivity index (χ1n) is 12.0. The molecule has 0 aromatic heterocycles. The quantitative estimate of drug-likeness (QED) is 0.345. The van der Waals surface area contributed by atoms with Crippen LogP contribution >= 0.6 is 23.2 Å². The Hall–Kier alpha value is -3.02. The maximum absolute atomic E-state index is 13.4. The molecule has 1 unspecified atom stereocenters. The van der Waals surface area contributed by atoms with Crippen molar-refractivity contribution >= 4 is 35.0 Å². The third-order valence-electron chi connectivity index (χ3n) is 6.59. The highest BCUT2D eigenvalue weighted by molar-refractivity contribution is 6.31. The minimum atomic E-state index is -0.520. The predicted molar refractivity (Wildman–Crippen MR) is 144 cm³/mol. The number of amides is 2. The van der Waals surface area contributed by atoms with E-state index in [1.54, 1.807) is 41.3 Å². The van der Waals surface area contributed by atoms with Gasteiger partial charge in [-0.3, -0.25) is 9.59 Å². The molecule has 1 aliphatic rings. The van der Waals surface area contributed by atoms with Crippen molar-refractivity contribution in [3.8, 4) is 5.75 Å². The van der Waals surface area contributed by atoms with Crippen LogP contribution in [-0.2, 0) is 11.3 Å². The lowest BCUT2D eigenvalue weighted by Gasteiger charge is -2.43. The third kappa shape index (κ3) is 6.80. The molecule has 1 heterocycles. The summed E-state index contributed by atoms with van der Waals surface area (Å²) < 4.78 is 6.17. The zero-order valence-corrected chi connectivity index (χ0v) is 21.8. The fourth-order valence-electron chi connectivity index (χ4n) is 4.67. The van der Waals surface area contributed by atoms with Gasteiger partial charge in [-0.05, 0) is 60.9 Å². The zero-order valence-electron chi connectivity index (χ0n) is 20.3. The van der Waals surface area contributed by atoms with Gasteiger partial charge in [0.05, 0.1) is 6.61 Å². The number of carbonyl (C=O) groups is 2. The van der Waals surface area contributed by atoms with Crippen molar-refractivity contribution in [1.29, 1.82) is 0 Å². The minimum Gasteiger partial charge on any atom is -0.493 e. The Balaban J connectivity index is 1.53. The Kier molecular flexibility index (Phi) is 8.55. The minimum absolute atomic E-state index is 0.0237. The number of rotatable bonds is 8. The molecule has 3 aromatic carbocycles. The number of nitrogens with zero attached hydrogens (tertiary/aromatic N) is 2. The molecule has 3 aromatic rings. The van der Waals surface area contributed by atoms with Crippen LogP contribution in [0.1, 0.15) is 35.2 Å². The van der Waals surface area contributed by atoms with E-state index in [2.05, 4.69) is 0 Å². The van der Waals surface area contributed by atoms with Crippen LogP contribution in [0.15, 0.2) is 78.9 Å². The molecule has 0 N–H and O–H groups in total. The summed E-state index contributed by atoms with van der Waals surface area (Å²) in [6.45, 7) is 1.90. The fourth-order valence-corrected chi connectivity index (χ4v) is 4.98. The highest BCUT2D eigenvalue weighted by Gasteiger charge is 2.40. The summed E-state index contributed by atoms with van der Waals surface area (Å²) in [5, 5.41) is 1.15. The molecule has 2 amide bonds. The van der Waals surface area contributed by atoms with Crippen LogP contribution in [0, 0.1) is 5.41 Å². The van der Waals surface area contributed by atoms with Crippen molar-refractivity contribution in [3.05, 3.63) is 100 Å². The molecule has 0 aliphatic carbocycles. The SMILES string of the molecule is CN(Cc1ccccc1)C(=O)CC1(COc2ccc(Cl)cc2)CCCN(C(=O)c2cccc(Cl)c2)C1. The molecule has 4 rings (SSSR count). The van der Waals surface area contributed by atoms with Gasteiger partial charge in [0.15, 0.2) is 0 Å². The summed E-state index contributed by atoms with van der Waals surface area (Å²) in [5.41, 5.74) is 1.10. The molecular formula is C29H30Cl2N2O3. The van der Waals surface area contributed by atoms with Crippen LogP contribution in [0.2, 0.25) is 10.0 Å². The smallest absolute Gasteiger partial charge is 0.253 e. The number of halogens is 2. The number of hydrogen-bond acceptors (Lipinski definition) is 3. The topological polar surface area (TPSA) is 49.9 Å². The molecule has 1 saturated heterocycles. The van der Waals surface area contributed by atoms with Gasteiger partial charge in [0, 0.05) is 54.1 Å². The number of hydrogen-bond donors (Lipinski definition) is 0. The van der Waals surface area contributed by atoms with Crippen LogP contribution in [0.25, 0.3) is 0 Å². The third-order valence-corrected chi connectivity index (χ3v) is 7.08. The van der Waals surface area contributed by atoms with Crippen molar-refractivity contribution in [3.63, 3.8) is 0 Å². The van der Waals surface area contributed by atoms with Crippen LogP contribution in [-0.4, -0.2) is 48.4 Å². The molecular weight excluding hydrogens is 495 g/mol. The lowest BCUT2D eigenvalue weighted by molar-refractivity contribution is -0.134. The average Bonchev–Trinajstić information content (AvgIpc) is 2.88. The van der Waals surface area contributed by atoms with E-state index < -0.39 is 5.41 Å². The van der Waals surface area contributed by atoms with E-state index in [0.717, 1.165) is 18.4 Å². The van der Waals surface area contributed by atoms with Crippen LogP contribution in [0.4, 0.5) is 0 Å². The van der Waals surface area contributed by atoms with Gasteiger partial charge >= 0.3 is 0 Å². The number of likely N-dealkylation sites (tertiary alicyclic amines) is 1. The van der Waals surface area contributed by atoms with E-state index >= 15 is 0 Å². The molecule has 1 atom stereocenters. The van der Waals surface area contributed by atoms with E-state index in [1.165, 1.54) is 0 Å². The lowest BCUT2D eigenvalue weighted by atomic mass is 9.77. The molecule has 5 nitrogen and oxygen atoms in total. The van der Waals surface area contributed by atoms with Gasteiger partial charge in [-0.1, -0.05) is 59.6 Å². The van der Waals surface area contributed by atoms with Crippen molar-refractivity contribution in [1.82, 2.24) is 9.80 Å². The second-order valence-corrected chi connectivity index (χ2v) is 10.4. The Bertz CT molecular complexity index is 1190. The van der Waals surface area contributed by atoms with Gasteiger partial charge in [-0.2, -0.15) is 0 Å². The van der Waals surface area contributed by atoms with Gasteiger partial charge in [0.2, 0.25) is 5.91 Å². The largest absolute Gasteiger partial charge is 0.493 e. The first kappa shape index (κ1) is 26.1. The van der Waals surface area contributed by atoms with Gasteiger partial charge in [-0.25, -0.2) is 0 Å². The summed E-state index contributed by atoms with van der Waals surface area (Å²) >= 11 is 12.2. The van der Waals surface area contributed by atoms with Crippen molar-refractivity contribution in [2.24, 2.45) is 5.41 Å². The van der Waals surface area contributed by atoms with Gasteiger partial charge in [0.1, 0.15) is 5.75 Å². The predicted octanol–water partition coefficient (Wildman–Crippen LogP) is 6.34. The van der Waals surface area contributed by atoms with E-state index in [1.807, 2.05) is 54.4 Å². The Labute approximate surface area is 222 Å². The summed E-state index contributed by atoms with van der Waals surface area (Å²) in [5.74, 6) is 0.621. The Morgan fingerprint density at radius 2 is 1.72 bits per heavy atom. The molecule has 0 spiro atoms. The molecule has 7 heteroatoms. The second-order valence-electron chi connectivity index (χ2n) is 9.50. The lowest BCUT2D eigenvalue weighted by Crippen LogP contribution is -2.50. The van der Waals surface area contributed by atoms with Gasteiger partial charge in [0.25, 0.3) is 5.91 Å². The monoisotopic (exact) mass is 524 g/mol. The van der Waals surface area contributed by atoms with Crippen molar-refractivity contribution in [2.75, 3.05) is 26.7 Å². The van der Waals surface area contributed by atoms with Crippen molar-refractivity contribution < 1.29 is 14.3 Å². The van der Waals surface area contributed by atoms with Gasteiger partial charge < -0.3 is 14.5 Å². The van der Waals surface area contributed by atoms with Gasteiger partial charge in [-0.15, -0.1) is 0 Å². The van der Waals surface area contributed by atoms with Crippen LogP contribution in [0.3, 0.4) is 0 Å². The van der Waals surface area contributed by atoms with Crippen LogP contribution < -0.4 is 4.74 Å². The highest BCUT2D eigenvalue weighted by Crippen LogP contribution is 2.36. The summed E-state index contributed by atoms with van der Waals surface area (Å²) in [6.07, 6.45) is 1.85. The summed E-state index contributed by atoms with van der Waals surface area (Å²) in [4.78, 5) is 30.3. The van der Waals surface area contributed by atoms with E-state index in [-0.39, 0.29) is 18.2 Å². The van der Waals surface area contributed by atoms with E-state index in [0.29, 0.717) is 47.6 Å². The van der Waals surface area contributed by atoms with E-state index in [4.69, 9.17) is 27.9 Å². The Morgan fingerprint density at radius 1 is 0.972 bits per heavy atom. The number of piperidine rings is 1. The molecule has 1 aliphatic heterocycles. The second kappa shape index (κ2) is 11.8.